The third-order valence-electron chi connectivity index (χ3n) is 4.78. The molecule has 29 heavy (non-hydrogen) atoms. The van der Waals surface area contributed by atoms with E-state index in [4.69, 9.17) is 9.47 Å². The predicted octanol–water partition coefficient (Wildman–Crippen LogP) is 5.24. The maximum Gasteiger partial charge on any atom is 0.305 e. The first kappa shape index (κ1) is 25.6. The summed E-state index contributed by atoms with van der Waals surface area (Å²) in [6, 6.07) is 0. The van der Waals surface area contributed by atoms with Crippen molar-refractivity contribution in [2.45, 2.75) is 103 Å². The van der Waals surface area contributed by atoms with Crippen LogP contribution in [0.3, 0.4) is 0 Å². The summed E-state index contributed by atoms with van der Waals surface area (Å²) in [4.78, 5) is 11.0. The molecule has 5 heteroatoms. The van der Waals surface area contributed by atoms with Crippen molar-refractivity contribution in [3.05, 3.63) is 36.5 Å². The number of allylic oxidation sites excluding steroid dienone is 2. The smallest absolute Gasteiger partial charge is 0.305 e. The van der Waals surface area contributed by atoms with Gasteiger partial charge in [-0.3, -0.25) is 4.79 Å². The molecule has 0 saturated carbocycles. The topological polar surface area (TPSA) is 65.0 Å². The van der Waals surface area contributed by atoms with E-state index in [1.54, 1.807) is 6.08 Å². The van der Waals surface area contributed by atoms with Gasteiger partial charge in [0.2, 0.25) is 0 Å². The van der Waals surface area contributed by atoms with E-state index in [1.165, 1.54) is 26.4 Å². The van der Waals surface area contributed by atoms with E-state index in [-0.39, 0.29) is 18.2 Å². The van der Waals surface area contributed by atoms with Crippen LogP contribution in [0.4, 0.5) is 0 Å². The molecule has 1 rings (SSSR count). The number of ether oxygens (including phenoxy) is 3. The van der Waals surface area contributed by atoms with E-state index in [0.717, 1.165) is 25.7 Å². The first-order valence-electron chi connectivity index (χ1n) is 11.0. The van der Waals surface area contributed by atoms with Gasteiger partial charge in [0.1, 0.15) is 6.10 Å². The average Bonchev–Trinajstić information content (AvgIpc) is 2.98. The number of hydrogen-bond donors (Lipinski definition) is 1. The molecular weight excluding hydrogens is 368 g/mol. The normalized spacial score (nSPS) is 22.8. The Balaban J connectivity index is 2.38. The van der Waals surface area contributed by atoms with Crippen molar-refractivity contribution < 1.29 is 24.1 Å². The molecule has 0 spiro atoms. The minimum Gasteiger partial charge on any atom is -0.469 e. The lowest BCUT2D eigenvalue weighted by atomic mass is 10.1. The minimum atomic E-state index is -0.611. The van der Waals surface area contributed by atoms with Crippen LogP contribution in [0.5, 0.6) is 0 Å². The highest BCUT2D eigenvalue weighted by Gasteiger charge is 2.39. The van der Waals surface area contributed by atoms with E-state index in [1.807, 2.05) is 32.1 Å². The molecule has 1 aliphatic heterocycles. The van der Waals surface area contributed by atoms with Gasteiger partial charge in [-0.25, -0.2) is 0 Å². The van der Waals surface area contributed by atoms with Crippen LogP contribution in [0, 0.1) is 0 Å². The lowest BCUT2D eigenvalue weighted by molar-refractivity contribution is -0.142. The molecule has 0 aromatic rings. The van der Waals surface area contributed by atoms with E-state index in [2.05, 4.69) is 23.8 Å². The molecule has 0 aliphatic carbocycles. The molecule has 0 bridgehead atoms. The van der Waals surface area contributed by atoms with Crippen LogP contribution in [-0.4, -0.2) is 42.3 Å². The molecule has 1 fully saturated rings. The van der Waals surface area contributed by atoms with Crippen molar-refractivity contribution in [1.82, 2.24) is 0 Å². The number of methoxy groups -OCH3 is 1. The van der Waals surface area contributed by atoms with Gasteiger partial charge in [-0.15, -0.1) is 0 Å². The van der Waals surface area contributed by atoms with Gasteiger partial charge in [0, 0.05) is 6.42 Å². The van der Waals surface area contributed by atoms with Crippen LogP contribution < -0.4 is 0 Å². The Morgan fingerprint density at radius 3 is 2.55 bits per heavy atom. The summed E-state index contributed by atoms with van der Waals surface area (Å²) < 4.78 is 16.6. The summed E-state index contributed by atoms with van der Waals surface area (Å²) in [6.07, 6.45) is 19.4. The van der Waals surface area contributed by atoms with Crippen LogP contribution in [-0.2, 0) is 19.0 Å². The van der Waals surface area contributed by atoms with Gasteiger partial charge in [-0.2, -0.15) is 0 Å². The fourth-order valence-electron chi connectivity index (χ4n) is 3.20. The average molecular weight is 409 g/mol. The SMILES string of the molecule is CCCCC/C=C\C[C@@H]1OC(C)(C)O[C@@H]1/C=C/[C@@H](O)C/C=C\CCCC(=O)OC. The Morgan fingerprint density at radius 2 is 1.83 bits per heavy atom. The summed E-state index contributed by atoms with van der Waals surface area (Å²) in [6.45, 7) is 6.06. The Hall–Kier alpha value is -1.43. The van der Waals surface area contributed by atoms with Gasteiger partial charge in [0.05, 0.1) is 19.3 Å². The fraction of sp³-hybridized carbons (Fsp3) is 0.708. The Morgan fingerprint density at radius 1 is 1.10 bits per heavy atom. The number of aliphatic hydroxyl groups is 1. The van der Waals surface area contributed by atoms with Gasteiger partial charge < -0.3 is 19.3 Å². The minimum absolute atomic E-state index is 0.0373. The quantitative estimate of drug-likeness (QED) is 0.242. The highest BCUT2D eigenvalue weighted by atomic mass is 16.7. The lowest BCUT2D eigenvalue weighted by Crippen LogP contribution is -2.21. The molecule has 0 aromatic heterocycles. The second-order valence-electron chi connectivity index (χ2n) is 7.97. The van der Waals surface area contributed by atoms with E-state index < -0.39 is 11.9 Å². The largest absolute Gasteiger partial charge is 0.469 e. The van der Waals surface area contributed by atoms with Gasteiger partial charge in [0.15, 0.2) is 5.79 Å². The second kappa shape index (κ2) is 14.5. The molecule has 0 amide bonds. The van der Waals surface area contributed by atoms with Crippen LogP contribution in [0.1, 0.15) is 78.6 Å². The van der Waals surface area contributed by atoms with Gasteiger partial charge in [0.25, 0.3) is 0 Å². The first-order chi connectivity index (χ1) is 13.9. The van der Waals surface area contributed by atoms with Crippen LogP contribution in [0.2, 0.25) is 0 Å². The number of aliphatic hydroxyl groups excluding tert-OH is 1. The van der Waals surface area contributed by atoms with Crippen LogP contribution in [0.25, 0.3) is 0 Å². The second-order valence-corrected chi connectivity index (χ2v) is 7.97. The molecule has 1 N–H and O–H groups in total. The van der Waals surface area contributed by atoms with Crippen LogP contribution in [0.15, 0.2) is 36.5 Å². The highest BCUT2D eigenvalue weighted by molar-refractivity contribution is 5.69. The number of unbranched alkanes of at least 4 members (excludes halogenated alkanes) is 4. The molecule has 0 unspecified atom stereocenters. The van der Waals surface area contributed by atoms with Gasteiger partial charge >= 0.3 is 5.97 Å². The van der Waals surface area contributed by atoms with Crippen molar-refractivity contribution >= 4 is 5.97 Å². The van der Waals surface area contributed by atoms with Crippen molar-refractivity contribution in [3.8, 4) is 0 Å². The fourth-order valence-corrected chi connectivity index (χ4v) is 3.20. The zero-order valence-electron chi connectivity index (χ0n) is 18.6. The van der Waals surface area contributed by atoms with Crippen molar-refractivity contribution in [2.75, 3.05) is 7.11 Å². The number of hydrogen-bond acceptors (Lipinski definition) is 5. The van der Waals surface area contributed by atoms with Gasteiger partial charge in [-0.1, -0.05) is 56.2 Å². The summed E-state index contributed by atoms with van der Waals surface area (Å²) in [7, 11) is 1.40. The molecule has 0 radical (unpaired) electrons. The molecule has 5 nitrogen and oxygen atoms in total. The van der Waals surface area contributed by atoms with Crippen molar-refractivity contribution in [3.63, 3.8) is 0 Å². The maximum atomic E-state index is 11.0. The first-order valence-corrected chi connectivity index (χ1v) is 11.0. The molecule has 1 saturated heterocycles. The maximum absolute atomic E-state index is 11.0. The van der Waals surface area contributed by atoms with Crippen LogP contribution >= 0.6 is 0 Å². The summed E-state index contributed by atoms with van der Waals surface area (Å²) in [5.41, 5.74) is 0. The molecule has 1 aliphatic rings. The predicted molar refractivity (Wildman–Crippen MR) is 116 cm³/mol. The number of esters is 1. The van der Waals surface area contributed by atoms with E-state index in [9.17, 15) is 9.90 Å². The summed E-state index contributed by atoms with van der Waals surface area (Å²) >= 11 is 0. The van der Waals surface area contributed by atoms with Crippen molar-refractivity contribution in [1.29, 1.82) is 0 Å². The number of carbonyl (C=O) groups excluding carboxylic acids is 1. The summed E-state index contributed by atoms with van der Waals surface area (Å²) in [5, 5.41) is 10.2. The highest BCUT2D eigenvalue weighted by Crippen LogP contribution is 2.31. The zero-order valence-corrected chi connectivity index (χ0v) is 18.6. The third-order valence-corrected chi connectivity index (χ3v) is 4.78. The number of carbonyl (C=O) groups is 1. The molecule has 0 aromatic carbocycles. The Kier molecular flexibility index (Phi) is 12.8. The molecule has 3 atom stereocenters. The monoisotopic (exact) mass is 408 g/mol. The molecule has 1 heterocycles. The molecule has 166 valence electrons. The lowest BCUT2D eigenvalue weighted by Gasteiger charge is -2.16. The summed E-state index contributed by atoms with van der Waals surface area (Å²) in [5.74, 6) is -0.798. The van der Waals surface area contributed by atoms with Crippen molar-refractivity contribution in [2.24, 2.45) is 0 Å². The standard InChI is InChI=1S/C24H40O5/c1-5-6-7-8-9-13-16-21-22(29-24(2,3)28-21)19-18-20(25)15-12-10-11-14-17-23(26)27-4/h9-10,12-13,18-22,25H,5-8,11,14-17H2,1-4H3/b12-10-,13-9-,19-18+/t20-,21-,22+/m0/s1. The third kappa shape index (κ3) is 12.0. The zero-order chi connectivity index (χ0) is 21.5. The van der Waals surface area contributed by atoms with E-state index in [0.29, 0.717) is 12.8 Å². The number of rotatable bonds is 14. The van der Waals surface area contributed by atoms with Gasteiger partial charge in [-0.05, 0) is 52.4 Å². The Bertz CT molecular complexity index is 535. The van der Waals surface area contributed by atoms with E-state index >= 15 is 0 Å². The molecular formula is C24H40O5. The Labute approximate surface area is 176 Å².